The predicted molar refractivity (Wildman–Crippen MR) is 118 cm³/mol. The Balaban J connectivity index is 1.84. The quantitative estimate of drug-likeness (QED) is 0.747. The first-order valence-electron chi connectivity index (χ1n) is 9.25. The van der Waals surface area contributed by atoms with E-state index in [4.69, 9.17) is 17.0 Å². The minimum atomic E-state index is -3.01. The standard InChI is InChI=1S/C21H26N2O3S2/c1-15-4-5-16(2)20(12-15)22-21(27)23(18-10-11-28(24,25)14-18)13-17-6-8-19(26-3)9-7-17/h4-9,12,18H,10-11,13-14H2,1-3H3,(H,22,27)/t18-/m1/s1. The Hall–Kier alpha value is -2.12. The number of nitrogens with one attached hydrogen (secondary N) is 1. The van der Waals surface area contributed by atoms with Crippen molar-refractivity contribution >= 4 is 32.9 Å². The minimum absolute atomic E-state index is 0.128. The van der Waals surface area contributed by atoms with Crippen LogP contribution < -0.4 is 10.1 Å². The molecule has 7 heteroatoms. The number of thiocarbonyl (C=S) groups is 1. The summed E-state index contributed by atoms with van der Waals surface area (Å²) in [6.45, 7) is 4.60. The SMILES string of the molecule is COc1ccc(CN(C(=S)Nc2cc(C)ccc2C)[C@@H]2CCS(=O)(=O)C2)cc1. The largest absolute Gasteiger partial charge is 0.497 e. The Morgan fingerprint density at radius 3 is 2.54 bits per heavy atom. The molecule has 0 amide bonds. The van der Waals surface area contributed by atoms with Crippen molar-refractivity contribution in [1.29, 1.82) is 0 Å². The maximum atomic E-state index is 12.1. The fourth-order valence-electron chi connectivity index (χ4n) is 3.37. The molecule has 28 heavy (non-hydrogen) atoms. The number of anilines is 1. The average Bonchev–Trinajstić information content (AvgIpc) is 3.02. The molecule has 1 N–H and O–H groups in total. The van der Waals surface area contributed by atoms with E-state index in [1.807, 2.05) is 49.1 Å². The first-order valence-corrected chi connectivity index (χ1v) is 11.5. The highest BCUT2D eigenvalue weighted by molar-refractivity contribution is 7.91. The summed E-state index contributed by atoms with van der Waals surface area (Å²) >= 11 is 5.72. The summed E-state index contributed by atoms with van der Waals surface area (Å²) in [5.74, 6) is 1.13. The molecule has 0 unspecified atom stereocenters. The molecule has 0 aromatic heterocycles. The van der Waals surface area contributed by atoms with Gasteiger partial charge in [0.25, 0.3) is 0 Å². The van der Waals surface area contributed by atoms with E-state index < -0.39 is 9.84 Å². The number of hydrogen-bond donors (Lipinski definition) is 1. The normalized spacial score (nSPS) is 17.9. The van der Waals surface area contributed by atoms with Crippen molar-refractivity contribution < 1.29 is 13.2 Å². The Kier molecular flexibility index (Phi) is 6.25. The number of hydrogen-bond acceptors (Lipinski definition) is 4. The topological polar surface area (TPSA) is 58.6 Å². The molecule has 0 aliphatic carbocycles. The van der Waals surface area contributed by atoms with E-state index in [0.717, 1.165) is 28.1 Å². The van der Waals surface area contributed by atoms with Crippen LogP contribution in [0.2, 0.25) is 0 Å². The summed E-state index contributed by atoms with van der Waals surface area (Å²) < 4.78 is 29.3. The van der Waals surface area contributed by atoms with Crippen molar-refractivity contribution in [3.05, 3.63) is 59.2 Å². The van der Waals surface area contributed by atoms with Crippen LogP contribution in [0.5, 0.6) is 5.75 Å². The molecular weight excluding hydrogens is 392 g/mol. The van der Waals surface area contributed by atoms with E-state index in [2.05, 4.69) is 17.4 Å². The second-order valence-corrected chi connectivity index (χ2v) is 9.90. The van der Waals surface area contributed by atoms with Crippen LogP contribution in [-0.2, 0) is 16.4 Å². The molecule has 2 aromatic carbocycles. The number of methoxy groups -OCH3 is 1. The van der Waals surface area contributed by atoms with Crippen LogP contribution in [0.25, 0.3) is 0 Å². The summed E-state index contributed by atoms with van der Waals surface area (Å²) in [7, 11) is -1.38. The van der Waals surface area contributed by atoms with Crippen molar-refractivity contribution in [2.24, 2.45) is 0 Å². The zero-order valence-electron chi connectivity index (χ0n) is 16.4. The molecule has 1 fully saturated rings. The van der Waals surface area contributed by atoms with E-state index in [-0.39, 0.29) is 17.5 Å². The molecule has 1 heterocycles. The van der Waals surface area contributed by atoms with Gasteiger partial charge in [-0.15, -0.1) is 0 Å². The molecule has 0 radical (unpaired) electrons. The molecule has 1 saturated heterocycles. The molecule has 1 aliphatic rings. The zero-order valence-corrected chi connectivity index (χ0v) is 18.1. The van der Waals surface area contributed by atoms with E-state index in [9.17, 15) is 8.42 Å². The summed E-state index contributed by atoms with van der Waals surface area (Å²) in [4.78, 5) is 2.00. The Labute approximate surface area is 172 Å². The van der Waals surface area contributed by atoms with Gasteiger partial charge in [0.05, 0.1) is 18.6 Å². The number of ether oxygens (including phenoxy) is 1. The second-order valence-electron chi connectivity index (χ2n) is 7.28. The maximum absolute atomic E-state index is 12.1. The number of sulfone groups is 1. The van der Waals surface area contributed by atoms with Crippen LogP contribution in [0.15, 0.2) is 42.5 Å². The van der Waals surface area contributed by atoms with Crippen molar-refractivity contribution in [1.82, 2.24) is 4.90 Å². The molecular formula is C21H26N2O3S2. The van der Waals surface area contributed by atoms with Crippen LogP contribution in [0.4, 0.5) is 5.69 Å². The van der Waals surface area contributed by atoms with Gasteiger partial charge in [-0.2, -0.15) is 0 Å². The number of aryl methyl sites for hydroxylation is 2. The maximum Gasteiger partial charge on any atom is 0.174 e. The summed E-state index contributed by atoms with van der Waals surface area (Å²) in [5, 5.41) is 3.88. The molecule has 0 bridgehead atoms. The molecule has 5 nitrogen and oxygen atoms in total. The summed E-state index contributed by atoms with van der Waals surface area (Å²) in [5.41, 5.74) is 4.23. The third kappa shape index (κ3) is 5.02. The van der Waals surface area contributed by atoms with Crippen molar-refractivity contribution in [2.45, 2.75) is 32.9 Å². The number of rotatable bonds is 5. The monoisotopic (exact) mass is 418 g/mol. The third-order valence-electron chi connectivity index (χ3n) is 5.06. The molecule has 0 spiro atoms. The van der Waals surface area contributed by atoms with Gasteiger partial charge in [-0.05, 0) is 67.4 Å². The molecule has 1 aliphatic heterocycles. The van der Waals surface area contributed by atoms with Crippen LogP contribution in [0.1, 0.15) is 23.1 Å². The van der Waals surface area contributed by atoms with Crippen molar-refractivity contribution in [3.63, 3.8) is 0 Å². The van der Waals surface area contributed by atoms with Crippen LogP contribution in [0, 0.1) is 13.8 Å². The van der Waals surface area contributed by atoms with Crippen LogP contribution >= 0.6 is 12.2 Å². The Morgan fingerprint density at radius 2 is 1.93 bits per heavy atom. The van der Waals surface area contributed by atoms with Gasteiger partial charge in [0.15, 0.2) is 14.9 Å². The van der Waals surface area contributed by atoms with Gasteiger partial charge in [0.2, 0.25) is 0 Å². The van der Waals surface area contributed by atoms with Gasteiger partial charge in [-0.3, -0.25) is 0 Å². The lowest BCUT2D eigenvalue weighted by Gasteiger charge is -2.31. The Bertz CT molecular complexity index is 956. The first kappa shape index (κ1) is 20.6. The molecule has 150 valence electrons. The molecule has 1 atom stereocenters. The zero-order chi connectivity index (χ0) is 20.3. The highest BCUT2D eigenvalue weighted by atomic mass is 32.2. The van der Waals surface area contributed by atoms with E-state index >= 15 is 0 Å². The van der Waals surface area contributed by atoms with E-state index in [0.29, 0.717) is 18.1 Å². The number of nitrogens with zero attached hydrogens (tertiary/aromatic N) is 1. The average molecular weight is 419 g/mol. The number of benzene rings is 2. The lowest BCUT2D eigenvalue weighted by Crippen LogP contribution is -2.43. The molecule has 0 saturated carbocycles. The second kappa shape index (κ2) is 8.49. The summed E-state index contributed by atoms with van der Waals surface area (Å²) in [6.07, 6.45) is 0.590. The highest BCUT2D eigenvalue weighted by Gasteiger charge is 2.33. The lowest BCUT2D eigenvalue weighted by molar-refractivity contribution is 0.332. The first-order chi connectivity index (χ1) is 13.3. The molecule has 3 rings (SSSR count). The van der Waals surface area contributed by atoms with Crippen LogP contribution in [-0.4, -0.2) is 43.1 Å². The van der Waals surface area contributed by atoms with Gasteiger partial charge >= 0.3 is 0 Å². The summed E-state index contributed by atoms with van der Waals surface area (Å²) in [6, 6.07) is 13.8. The Morgan fingerprint density at radius 1 is 1.21 bits per heavy atom. The van der Waals surface area contributed by atoms with Gasteiger partial charge in [0, 0.05) is 18.3 Å². The highest BCUT2D eigenvalue weighted by Crippen LogP contribution is 2.24. The van der Waals surface area contributed by atoms with Crippen molar-refractivity contribution in [3.8, 4) is 5.75 Å². The van der Waals surface area contributed by atoms with E-state index in [1.54, 1.807) is 7.11 Å². The smallest absolute Gasteiger partial charge is 0.174 e. The third-order valence-corrected chi connectivity index (χ3v) is 7.14. The fourth-order valence-corrected chi connectivity index (χ4v) is 5.43. The van der Waals surface area contributed by atoms with Crippen molar-refractivity contribution in [2.75, 3.05) is 23.9 Å². The van der Waals surface area contributed by atoms with Gasteiger partial charge < -0.3 is 15.0 Å². The lowest BCUT2D eigenvalue weighted by atomic mass is 10.1. The molecule has 2 aromatic rings. The fraction of sp³-hybridized carbons (Fsp3) is 0.381. The van der Waals surface area contributed by atoms with E-state index in [1.165, 1.54) is 0 Å². The van der Waals surface area contributed by atoms with Gasteiger partial charge in [-0.1, -0.05) is 24.3 Å². The van der Waals surface area contributed by atoms with Gasteiger partial charge in [-0.25, -0.2) is 8.42 Å². The predicted octanol–water partition coefficient (Wildman–Crippen LogP) is 3.70. The van der Waals surface area contributed by atoms with Crippen LogP contribution in [0.3, 0.4) is 0 Å². The minimum Gasteiger partial charge on any atom is -0.497 e. The van der Waals surface area contributed by atoms with Gasteiger partial charge in [0.1, 0.15) is 5.75 Å².